The lowest BCUT2D eigenvalue weighted by Crippen LogP contribution is -2.32. The van der Waals surface area contributed by atoms with Crippen LogP contribution in [0.4, 0.5) is 0 Å². The lowest BCUT2D eigenvalue weighted by Gasteiger charge is -2.34. The first-order valence-electron chi connectivity index (χ1n) is 8.59. The van der Waals surface area contributed by atoms with Crippen LogP contribution >= 0.6 is 0 Å². The molecule has 0 saturated carbocycles. The molecule has 130 valence electrons. The number of aliphatic hydroxyl groups is 1. The molecule has 1 aliphatic rings. The fraction of sp³-hybridized carbons (Fsp3) is 0.526. The van der Waals surface area contributed by atoms with E-state index in [1.807, 2.05) is 26.8 Å². The van der Waals surface area contributed by atoms with Gasteiger partial charge in [-0.3, -0.25) is 0 Å². The molecule has 0 fully saturated rings. The van der Waals surface area contributed by atoms with Gasteiger partial charge in [0.05, 0.1) is 23.7 Å². The zero-order valence-corrected chi connectivity index (χ0v) is 14.6. The second-order valence-corrected chi connectivity index (χ2v) is 6.39. The molecule has 0 bridgehead atoms. The van der Waals surface area contributed by atoms with Gasteiger partial charge in [0, 0.05) is 18.1 Å². The number of aliphatic hydroxyl groups excluding tert-OH is 1. The summed E-state index contributed by atoms with van der Waals surface area (Å²) >= 11 is 0. The summed E-state index contributed by atoms with van der Waals surface area (Å²) in [4.78, 5) is 12.1. The monoisotopic (exact) mass is 332 g/mol. The Morgan fingerprint density at radius 2 is 2.00 bits per heavy atom. The lowest BCUT2D eigenvalue weighted by atomic mass is 9.88. The van der Waals surface area contributed by atoms with E-state index in [0.29, 0.717) is 29.3 Å². The minimum atomic E-state index is -0.748. The van der Waals surface area contributed by atoms with Crippen LogP contribution in [0.5, 0.6) is 11.5 Å². The zero-order chi connectivity index (χ0) is 17.4. The molecule has 2 heterocycles. The summed E-state index contributed by atoms with van der Waals surface area (Å²) in [6.45, 7) is 8.30. The number of aryl methyl sites for hydroxylation is 1. The van der Waals surface area contributed by atoms with Gasteiger partial charge in [-0.05, 0) is 25.8 Å². The van der Waals surface area contributed by atoms with E-state index in [1.165, 1.54) is 6.07 Å². The SMILES string of the molecule is CCCc1cc(=O)oc2c3c(cc(OCC)c12)O[C@H](C)[C@@H](C)C3O. The van der Waals surface area contributed by atoms with Crippen LogP contribution in [0, 0.1) is 5.92 Å². The van der Waals surface area contributed by atoms with Gasteiger partial charge in [-0.15, -0.1) is 0 Å². The van der Waals surface area contributed by atoms with Gasteiger partial charge in [0.2, 0.25) is 0 Å². The fourth-order valence-corrected chi connectivity index (χ4v) is 3.32. The summed E-state index contributed by atoms with van der Waals surface area (Å²) in [5.41, 5.74) is 1.40. The van der Waals surface area contributed by atoms with Crippen LogP contribution in [0.15, 0.2) is 21.3 Å². The minimum Gasteiger partial charge on any atom is -0.493 e. The number of fused-ring (bicyclic) bond motifs is 3. The Morgan fingerprint density at radius 1 is 1.25 bits per heavy atom. The third-order valence-corrected chi connectivity index (χ3v) is 4.73. The number of rotatable bonds is 4. The van der Waals surface area contributed by atoms with Crippen LogP contribution in [0.3, 0.4) is 0 Å². The summed E-state index contributed by atoms with van der Waals surface area (Å²) in [5.74, 6) is 1.06. The highest BCUT2D eigenvalue weighted by Gasteiger charge is 2.35. The van der Waals surface area contributed by atoms with Crippen molar-refractivity contribution in [3.05, 3.63) is 33.7 Å². The van der Waals surface area contributed by atoms with Crippen molar-refractivity contribution in [3.8, 4) is 11.5 Å². The van der Waals surface area contributed by atoms with Gasteiger partial charge in [0.1, 0.15) is 17.6 Å². The number of hydrogen-bond donors (Lipinski definition) is 1. The van der Waals surface area contributed by atoms with Crippen LogP contribution in [0.1, 0.15) is 51.3 Å². The van der Waals surface area contributed by atoms with E-state index in [4.69, 9.17) is 13.9 Å². The molecule has 2 aromatic rings. The van der Waals surface area contributed by atoms with E-state index in [0.717, 1.165) is 23.8 Å². The van der Waals surface area contributed by atoms with E-state index < -0.39 is 11.7 Å². The largest absolute Gasteiger partial charge is 0.493 e. The van der Waals surface area contributed by atoms with Gasteiger partial charge in [-0.25, -0.2) is 4.79 Å². The molecule has 0 spiro atoms. The van der Waals surface area contributed by atoms with Crippen LogP contribution in [-0.4, -0.2) is 17.8 Å². The molecule has 0 radical (unpaired) electrons. The Balaban J connectivity index is 2.38. The molecule has 3 rings (SSSR count). The zero-order valence-electron chi connectivity index (χ0n) is 14.6. The van der Waals surface area contributed by atoms with Crippen molar-refractivity contribution in [1.29, 1.82) is 0 Å². The Bertz CT molecular complexity index is 807. The summed E-state index contributed by atoms with van der Waals surface area (Å²) in [6, 6.07) is 3.33. The van der Waals surface area contributed by atoms with E-state index in [1.54, 1.807) is 0 Å². The predicted octanol–water partition coefficient (Wildman–Crippen LogP) is 3.59. The van der Waals surface area contributed by atoms with Gasteiger partial charge in [-0.1, -0.05) is 20.3 Å². The quantitative estimate of drug-likeness (QED) is 0.867. The van der Waals surface area contributed by atoms with Gasteiger partial charge < -0.3 is 19.0 Å². The van der Waals surface area contributed by atoms with E-state index in [-0.39, 0.29) is 12.0 Å². The average molecular weight is 332 g/mol. The highest BCUT2D eigenvalue weighted by Crippen LogP contribution is 2.46. The molecule has 0 amide bonds. The van der Waals surface area contributed by atoms with Crippen LogP contribution in [-0.2, 0) is 6.42 Å². The molecule has 0 aliphatic carbocycles. The molecule has 1 aromatic carbocycles. The highest BCUT2D eigenvalue weighted by molar-refractivity contribution is 5.91. The van der Waals surface area contributed by atoms with Crippen LogP contribution in [0.2, 0.25) is 0 Å². The van der Waals surface area contributed by atoms with Crippen molar-refractivity contribution >= 4 is 11.0 Å². The lowest BCUT2D eigenvalue weighted by molar-refractivity contribution is 0.0178. The molecule has 1 aliphatic heterocycles. The Morgan fingerprint density at radius 3 is 2.67 bits per heavy atom. The topological polar surface area (TPSA) is 68.9 Å². The van der Waals surface area contributed by atoms with E-state index in [9.17, 15) is 9.90 Å². The van der Waals surface area contributed by atoms with Gasteiger partial charge in [0.25, 0.3) is 0 Å². The molecule has 1 aromatic heterocycles. The standard InChI is InChI=1S/C19H24O5/c1-5-7-12-8-15(20)24-19-16(12)13(22-6-2)9-14-17(19)18(21)10(3)11(4)23-14/h8-11,18,21H,5-7H2,1-4H3/t10-,11-,18?/m1/s1. The van der Waals surface area contributed by atoms with Crippen molar-refractivity contribution in [2.24, 2.45) is 5.92 Å². The average Bonchev–Trinajstić information content (AvgIpc) is 2.52. The molecule has 5 nitrogen and oxygen atoms in total. The maximum Gasteiger partial charge on any atom is 0.336 e. The highest BCUT2D eigenvalue weighted by atomic mass is 16.5. The molecule has 24 heavy (non-hydrogen) atoms. The second kappa shape index (κ2) is 6.48. The molecule has 1 N–H and O–H groups in total. The molecular formula is C19H24O5. The fourth-order valence-electron chi connectivity index (χ4n) is 3.32. The third kappa shape index (κ3) is 2.67. The number of benzene rings is 1. The maximum atomic E-state index is 12.1. The van der Waals surface area contributed by atoms with Crippen LogP contribution in [0.25, 0.3) is 11.0 Å². The second-order valence-electron chi connectivity index (χ2n) is 6.39. The van der Waals surface area contributed by atoms with Gasteiger partial charge in [0.15, 0.2) is 5.58 Å². The Labute approximate surface area is 141 Å². The molecule has 5 heteroatoms. The summed E-state index contributed by atoms with van der Waals surface area (Å²) in [6.07, 6.45) is 0.754. The van der Waals surface area contributed by atoms with Crippen molar-refractivity contribution in [2.75, 3.05) is 6.61 Å². The Kier molecular flexibility index (Phi) is 4.54. The molecule has 1 unspecified atom stereocenters. The van der Waals surface area contributed by atoms with Crippen molar-refractivity contribution < 1.29 is 19.0 Å². The first kappa shape index (κ1) is 16.8. The first-order valence-corrected chi connectivity index (χ1v) is 8.59. The first-order chi connectivity index (χ1) is 11.5. The summed E-state index contributed by atoms with van der Waals surface area (Å²) < 4.78 is 17.2. The van der Waals surface area contributed by atoms with Crippen molar-refractivity contribution in [2.45, 2.75) is 52.7 Å². The number of hydrogen-bond acceptors (Lipinski definition) is 5. The van der Waals surface area contributed by atoms with E-state index >= 15 is 0 Å². The van der Waals surface area contributed by atoms with Crippen LogP contribution < -0.4 is 15.1 Å². The summed E-state index contributed by atoms with van der Waals surface area (Å²) in [5, 5.41) is 11.5. The Hall–Kier alpha value is -2.01. The van der Waals surface area contributed by atoms with Gasteiger partial charge in [-0.2, -0.15) is 0 Å². The van der Waals surface area contributed by atoms with E-state index in [2.05, 4.69) is 6.92 Å². The van der Waals surface area contributed by atoms with Crippen molar-refractivity contribution in [3.63, 3.8) is 0 Å². The normalized spacial score (nSPS) is 23.0. The predicted molar refractivity (Wildman–Crippen MR) is 91.9 cm³/mol. The third-order valence-electron chi connectivity index (χ3n) is 4.73. The number of ether oxygens (including phenoxy) is 2. The van der Waals surface area contributed by atoms with Crippen molar-refractivity contribution in [1.82, 2.24) is 0 Å². The molecule has 0 saturated heterocycles. The molecule has 3 atom stereocenters. The molecular weight excluding hydrogens is 308 g/mol. The summed E-state index contributed by atoms with van der Waals surface area (Å²) in [7, 11) is 0. The van der Waals surface area contributed by atoms with Gasteiger partial charge >= 0.3 is 5.63 Å². The smallest absolute Gasteiger partial charge is 0.336 e. The minimum absolute atomic E-state index is 0.0984. The maximum absolute atomic E-state index is 12.1.